The van der Waals surface area contributed by atoms with Gasteiger partial charge in [-0.15, -0.1) is 0 Å². The number of carbonyl (C=O) groups is 1. The predicted molar refractivity (Wildman–Crippen MR) is 58.1 cm³/mol. The van der Waals surface area contributed by atoms with Crippen molar-refractivity contribution in [3.8, 4) is 0 Å². The first kappa shape index (κ1) is 15.1. The molecule has 0 aromatic rings. The Balaban J connectivity index is 4.10. The van der Waals surface area contributed by atoms with Crippen LogP contribution in [0.2, 0.25) is 0 Å². The SMILES string of the molecule is COC(C)CNS(=O)(=O)NC(=O)OC(C)C. The summed E-state index contributed by atoms with van der Waals surface area (Å²) < 4.78 is 35.9. The molecule has 0 aromatic heterocycles. The van der Waals surface area contributed by atoms with Gasteiger partial charge in [-0.3, -0.25) is 0 Å². The fourth-order valence-electron chi connectivity index (χ4n) is 0.694. The van der Waals surface area contributed by atoms with Crippen molar-refractivity contribution in [3.63, 3.8) is 0 Å². The molecule has 0 rings (SSSR count). The van der Waals surface area contributed by atoms with Crippen LogP contribution >= 0.6 is 0 Å². The maximum atomic E-state index is 11.3. The molecule has 0 radical (unpaired) electrons. The predicted octanol–water partition coefficient (Wildman–Crippen LogP) is -0.00970. The Kier molecular flexibility index (Phi) is 6.31. The van der Waals surface area contributed by atoms with Gasteiger partial charge >= 0.3 is 16.3 Å². The molecule has 96 valence electrons. The van der Waals surface area contributed by atoms with Gasteiger partial charge in [0.05, 0.1) is 12.2 Å². The van der Waals surface area contributed by atoms with E-state index >= 15 is 0 Å². The molecule has 16 heavy (non-hydrogen) atoms. The zero-order chi connectivity index (χ0) is 12.8. The summed E-state index contributed by atoms with van der Waals surface area (Å²) in [5.41, 5.74) is 0. The third-order valence-corrected chi connectivity index (χ3v) is 2.51. The third-order valence-electron chi connectivity index (χ3n) is 1.52. The van der Waals surface area contributed by atoms with Gasteiger partial charge in [-0.1, -0.05) is 0 Å². The highest BCUT2D eigenvalue weighted by molar-refractivity contribution is 7.88. The zero-order valence-electron chi connectivity index (χ0n) is 9.81. The maximum absolute atomic E-state index is 11.3. The van der Waals surface area contributed by atoms with Gasteiger partial charge in [-0.25, -0.2) is 9.52 Å². The first-order chi connectivity index (χ1) is 7.26. The van der Waals surface area contributed by atoms with E-state index in [9.17, 15) is 13.2 Å². The number of nitrogens with one attached hydrogen (secondary N) is 2. The van der Waals surface area contributed by atoms with E-state index in [1.54, 1.807) is 25.5 Å². The molecule has 0 aliphatic rings. The second kappa shape index (κ2) is 6.66. The van der Waals surface area contributed by atoms with Crippen molar-refractivity contribution >= 4 is 16.3 Å². The smallest absolute Gasteiger partial charge is 0.422 e. The minimum Gasteiger partial charge on any atom is -0.446 e. The van der Waals surface area contributed by atoms with Crippen molar-refractivity contribution in [2.45, 2.75) is 33.0 Å². The minimum absolute atomic E-state index is 0.0702. The van der Waals surface area contributed by atoms with Gasteiger partial charge in [0, 0.05) is 13.7 Å². The van der Waals surface area contributed by atoms with Gasteiger partial charge in [0.25, 0.3) is 0 Å². The van der Waals surface area contributed by atoms with Gasteiger partial charge in [-0.2, -0.15) is 13.1 Å². The number of hydrogen-bond acceptors (Lipinski definition) is 5. The van der Waals surface area contributed by atoms with Gasteiger partial charge in [0.2, 0.25) is 0 Å². The molecule has 0 saturated carbocycles. The largest absolute Gasteiger partial charge is 0.446 e. The molecule has 0 aliphatic carbocycles. The fourth-order valence-corrected chi connectivity index (χ4v) is 1.49. The van der Waals surface area contributed by atoms with Crippen molar-refractivity contribution in [1.82, 2.24) is 9.44 Å². The van der Waals surface area contributed by atoms with Crippen molar-refractivity contribution in [1.29, 1.82) is 0 Å². The molecule has 7 nitrogen and oxygen atoms in total. The molecule has 0 saturated heterocycles. The van der Waals surface area contributed by atoms with Gasteiger partial charge < -0.3 is 9.47 Å². The number of amides is 1. The van der Waals surface area contributed by atoms with Crippen molar-refractivity contribution in [2.24, 2.45) is 0 Å². The van der Waals surface area contributed by atoms with E-state index in [0.717, 1.165) is 0 Å². The Labute approximate surface area is 95.7 Å². The lowest BCUT2D eigenvalue weighted by Crippen LogP contribution is -2.43. The Hall–Kier alpha value is -0.860. The van der Waals surface area contributed by atoms with Crippen LogP contribution in [0.4, 0.5) is 4.79 Å². The number of ether oxygens (including phenoxy) is 2. The molecule has 1 amide bonds. The van der Waals surface area contributed by atoms with Crippen LogP contribution in [-0.2, 0) is 19.7 Å². The highest BCUT2D eigenvalue weighted by atomic mass is 32.2. The summed E-state index contributed by atoms with van der Waals surface area (Å²) in [6.07, 6.45) is -1.67. The van der Waals surface area contributed by atoms with Crippen LogP contribution in [0, 0.1) is 0 Å². The molecule has 0 aromatic carbocycles. The molecule has 8 heteroatoms. The van der Waals surface area contributed by atoms with Crippen LogP contribution in [0.25, 0.3) is 0 Å². The summed E-state index contributed by atoms with van der Waals surface area (Å²) in [5.74, 6) is 0. The van der Waals surface area contributed by atoms with E-state index in [1.165, 1.54) is 7.11 Å². The molecule has 1 atom stereocenters. The molecule has 2 N–H and O–H groups in total. The fraction of sp³-hybridized carbons (Fsp3) is 0.875. The number of methoxy groups -OCH3 is 1. The second-order valence-corrected chi connectivity index (χ2v) is 4.95. The lowest BCUT2D eigenvalue weighted by Gasteiger charge is -2.13. The minimum atomic E-state index is -3.89. The number of rotatable bonds is 6. The summed E-state index contributed by atoms with van der Waals surface area (Å²) in [6.45, 7) is 5.00. The first-order valence-corrected chi connectivity index (χ1v) is 6.26. The van der Waals surface area contributed by atoms with Crippen molar-refractivity contribution in [2.75, 3.05) is 13.7 Å². The van der Waals surface area contributed by atoms with Gasteiger partial charge in [0.15, 0.2) is 0 Å². The Morgan fingerprint density at radius 1 is 1.31 bits per heavy atom. The lowest BCUT2D eigenvalue weighted by atomic mass is 10.4. The van der Waals surface area contributed by atoms with Crippen LogP contribution < -0.4 is 9.44 Å². The van der Waals surface area contributed by atoms with Crippen LogP contribution in [0.1, 0.15) is 20.8 Å². The molecule has 0 aliphatic heterocycles. The van der Waals surface area contributed by atoms with Crippen LogP contribution in [-0.4, -0.2) is 40.4 Å². The number of carbonyl (C=O) groups excluding carboxylic acids is 1. The monoisotopic (exact) mass is 254 g/mol. The van der Waals surface area contributed by atoms with Gasteiger partial charge in [0.1, 0.15) is 0 Å². The highest BCUT2D eigenvalue weighted by Crippen LogP contribution is 1.91. The van der Waals surface area contributed by atoms with Crippen LogP contribution in [0.3, 0.4) is 0 Å². The first-order valence-electron chi connectivity index (χ1n) is 4.77. The normalized spacial score (nSPS) is 13.6. The molecular weight excluding hydrogens is 236 g/mol. The van der Waals surface area contributed by atoms with Crippen LogP contribution in [0.15, 0.2) is 0 Å². The van der Waals surface area contributed by atoms with Crippen molar-refractivity contribution < 1.29 is 22.7 Å². The summed E-state index contributed by atoms with van der Waals surface area (Å²) in [4.78, 5) is 11.0. The standard InChI is InChI=1S/C8H18N2O5S/c1-6(2)15-8(11)10-16(12,13)9-5-7(3)14-4/h6-7,9H,5H2,1-4H3,(H,10,11). The van der Waals surface area contributed by atoms with Crippen LogP contribution in [0.5, 0.6) is 0 Å². The molecule has 0 heterocycles. The molecular formula is C8H18N2O5S. The summed E-state index contributed by atoms with van der Waals surface area (Å²) in [6, 6.07) is 0. The summed E-state index contributed by atoms with van der Waals surface area (Å²) in [7, 11) is -2.43. The third kappa shape index (κ3) is 7.43. The molecule has 0 bridgehead atoms. The molecule has 0 spiro atoms. The average Bonchev–Trinajstić information content (AvgIpc) is 2.11. The maximum Gasteiger partial charge on any atom is 0.422 e. The average molecular weight is 254 g/mol. The molecule has 1 unspecified atom stereocenters. The summed E-state index contributed by atoms with van der Waals surface area (Å²) in [5, 5.41) is 0. The highest BCUT2D eigenvalue weighted by Gasteiger charge is 2.16. The zero-order valence-corrected chi connectivity index (χ0v) is 10.6. The Morgan fingerprint density at radius 2 is 1.88 bits per heavy atom. The molecule has 0 fully saturated rings. The van der Waals surface area contributed by atoms with E-state index < -0.39 is 16.3 Å². The second-order valence-electron chi connectivity index (χ2n) is 3.45. The lowest BCUT2D eigenvalue weighted by molar-refractivity contribution is 0.119. The topological polar surface area (TPSA) is 93.7 Å². The van der Waals surface area contributed by atoms with Gasteiger partial charge in [-0.05, 0) is 20.8 Å². The van der Waals surface area contributed by atoms with Crippen molar-refractivity contribution in [3.05, 3.63) is 0 Å². The van der Waals surface area contributed by atoms with E-state index in [1.807, 2.05) is 0 Å². The van der Waals surface area contributed by atoms with E-state index in [2.05, 4.69) is 9.46 Å². The van der Waals surface area contributed by atoms with E-state index in [-0.39, 0.29) is 18.8 Å². The summed E-state index contributed by atoms with van der Waals surface area (Å²) >= 11 is 0. The Morgan fingerprint density at radius 3 is 2.31 bits per heavy atom. The Bertz CT molecular complexity index is 314. The number of hydrogen-bond donors (Lipinski definition) is 2. The quantitative estimate of drug-likeness (QED) is 0.695. The van der Waals surface area contributed by atoms with E-state index in [4.69, 9.17) is 4.74 Å². The van der Waals surface area contributed by atoms with E-state index in [0.29, 0.717) is 0 Å².